The van der Waals surface area contributed by atoms with E-state index >= 15 is 0 Å². The molecule has 0 aromatic heterocycles. The highest BCUT2D eigenvalue weighted by molar-refractivity contribution is 5.73. The van der Waals surface area contributed by atoms with Gasteiger partial charge in [-0.05, 0) is 12.8 Å². The Kier molecular flexibility index (Phi) is 11.0. The monoisotopic (exact) mass is 258 g/mol. The van der Waals surface area contributed by atoms with E-state index in [2.05, 4.69) is 21.9 Å². The van der Waals surface area contributed by atoms with E-state index < -0.39 is 12.2 Å². The molecule has 0 atom stereocenters. The molecule has 0 radical (unpaired) electrons. The molecule has 0 saturated heterocycles. The Bertz CT molecular complexity index is 267. The van der Waals surface area contributed by atoms with Crippen molar-refractivity contribution in [3.8, 4) is 0 Å². The Labute approximate surface area is 108 Å². The number of rotatable bonds is 8. The summed E-state index contributed by atoms with van der Waals surface area (Å²) in [6, 6.07) is 0. The fourth-order valence-electron chi connectivity index (χ4n) is 1.13. The van der Waals surface area contributed by atoms with Gasteiger partial charge < -0.3 is 9.47 Å². The fraction of sp³-hybridized carbons (Fsp3) is 0.833. The Balaban J connectivity index is 3.57. The first-order valence-corrected chi connectivity index (χ1v) is 6.46. The van der Waals surface area contributed by atoms with Crippen LogP contribution in [0.2, 0.25) is 0 Å². The SMILES string of the molecule is CCCCCCOC(=O)/N=N/C(=O)OCCCC. The normalized spacial score (nSPS) is 10.6. The summed E-state index contributed by atoms with van der Waals surface area (Å²) < 4.78 is 9.44. The van der Waals surface area contributed by atoms with Crippen LogP contribution in [-0.2, 0) is 9.47 Å². The van der Waals surface area contributed by atoms with Crippen molar-refractivity contribution in [2.75, 3.05) is 13.2 Å². The van der Waals surface area contributed by atoms with E-state index in [-0.39, 0.29) is 0 Å². The molecule has 0 heterocycles. The summed E-state index contributed by atoms with van der Waals surface area (Å²) in [5.41, 5.74) is 0. The lowest BCUT2D eigenvalue weighted by molar-refractivity contribution is 0.144. The van der Waals surface area contributed by atoms with Gasteiger partial charge in [-0.2, -0.15) is 0 Å². The molecular formula is C12H22N2O4. The third kappa shape index (κ3) is 11.0. The average Bonchev–Trinajstić information content (AvgIpc) is 2.36. The van der Waals surface area contributed by atoms with Crippen molar-refractivity contribution in [3.63, 3.8) is 0 Å². The summed E-state index contributed by atoms with van der Waals surface area (Å²) in [5, 5.41) is 6.21. The van der Waals surface area contributed by atoms with Gasteiger partial charge in [0, 0.05) is 0 Å². The molecule has 0 spiro atoms. The topological polar surface area (TPSA) is 77.3 Å². The van der Waals surface area contributed by atoms with Crippen molar-refractivity contribution < 1.29 is 19.1 Å². The minimum absolute atomic E-state index is 0.292. The van der Waals surface area contributed by atoms with Gasteiger partial charge >= 0.3 is 12.2 Å². The number of unbranched alkanes of at least 4 members (excludes halogenated alkanes) is 4. The van der Waals surface area contributed by atoms with Crippen LogP contribution in [0, 0.1) is 0 Å². The van der Waals surface area contributed by atoms with Crippen LogP contribution >= 0.6 is 0 Å². The molecule has 0 aliphatic carbocycles. The van der Waals surface area contributed by atoms with Gasteiger partial charge in [-0.1, -0.05) is 49.8 Å². The minimum atomic E-state index is -0.855. The van der Waals surface area contributed by atoms with Crippen LogP contribution in [0.3, 0.4) is 0 Å². The second kappa shape index (κ2) is 12.0. The Morgan fingerprint density at radius 1 is 0.778 bits per heavy atom. The lowest BCUT2D eigenvalue weighted by atomic mass is 10.2. The Morgan fingerprint density at radius 2 is 1.28 bits per heavy atom. The van der Waals surface area contributed by atoms with Crippen molar-refractivity contribution in [1.82, 2.24) is 0 Å². The largest absolute Gasteiger partial charge is 0.452 e. The van der Waals surface area contributed by atoms with E-state index in [1.165, 1.54) is 0 Å². The van der Waals surface area contributed by atoms with E-state index in [1.807, 2.05) is 6.92 Å². The highest BCUT2D eigenvalue weighted by Gasteiger charge is 2.03. The van der Waals surface area contributed by atoms with Gasteiger partial charge in [0.25, 0.3) is 0 Å². The standard InChI is InChI=1S/C12H22N2O4/c1-3-5-7-8-10-18-12(16)14-13-11(15)17-9-6-4-2/h3-10H2,1-2H3/b14-13+. The molecule has 6 nitrogen and oxygen atoms in total. The maximum Gasteiger partial charge on any atom is 0.452 e. The van der Waals surface area contributed by atoms with E-state index in [0.717, 1.165) is 38.5 Å². The molecular weight excluding hydrogens is 236 g/mol. The third-order valence-electron chi connectivity index (χ3n) is 2.16. The molecule has 18 heavy (non-hydrogen) atoms. The molecule has 0 aliphatic rings. The fourth-order valence-corrected chi connectivity index (χ4v) is 1.13. The number of nitrogens with zero attached hydrogens (tertiary/aromatic N) is 2. The van der Waals surface area contributed by atoms with Gasteiger partial charge in [-0.15, -0.1) is 0 Å². The predicted octanol–water partition coefficient (Wildman–Crippen LogP) is 4.09. The molecule has 2 amide bonds. The van der Waals surface area contributed by atoms with Gasteiger partial charge in [-0.25, -0.2) is 9.59 Å². The van der Waals surface area contributed by atoms with Gasteiger partial charge in [0.15, 0.2) is 0 Å². The second-order valence-electron chi connectivity index (χ2n) is 3.84. The summed E-state index contributed by atoms with van der Waals surface area (Å²) >= 11 is 0. The molecule has 0 aromatic rings. The molecule has 0 rings (SSSR count). The predicted molar refractivity (Wildman–Crippen MR) is 66.6 cm³/mol. The summed E-state index contributed by atoms with van der Waals surface area (Å²) in [6.45, 7) is 4.68. The maximum atomic E-state index is 11.0. The van der Waals surface area contributed by atoms with Crippen molar-refractivity contribution in [2.45, 2.75) is 52.4 Å². The summed E-state index contributed by atoms with van der Waals surface area (Å²) in [4.78, 5) is 22.0. The summed E-state index contributed by atoms with van der Waals surface area (Å²) in [6.07, 6.45) is 4.04. The van der Waals surface area contributed by atoms with Gasteiger partial charge in [0.1, 0.15) is 0 Å². The number of hydrogen-bond donors (Lipinski definition) is 0. The highest BCUT2D eigenvalue weighted by Crippen LogP contribution is 2.00. The summed E-state index contributed by atoms with van der Waals surface area (Å²) in [7, 11) is 0. The highest BCUT2D eigenvalue weighted by atomic mass is 16.6. The van der Waals surface area contributed by atoms with Crippen molar-refractivity contribution in [3.05, 3.63) is 0 Å². The summed E-state index contributed by atoms with van der Waals surface area (Å²) in [5.74, 6) is 0. The maximum absolute atomic E-state index is 11.0. The zero-order chi connectivity index (χ0) is 13.6. The minimum Gasteiger partial charge on any atom is -0.447 e. The lowest BCUT2D eigenvalue weighted by Crippen LogP contribution is -2.03. The molecule has 6 heteroatoms. The van der Waals surface area contributed by atoms with Crippen LogP contribution < -0.4 is 0 Å². The van der Waals surface area contributed by atoms with E-state index in [0.29, 0.717) is 13.2 Å². The molecule has 0 unspecified atom stereocenters. The molecule has 0 fully saturated rings. The Hall–Kier alpha value is -1.46. The number of ether oxygens (including phenoxy) is 2. The van der Waals surface area contributed by atoms with E-state index in [4.69, 9.17) is 4.74 Å². The first-order valence-electron chi connectivity index (χ1n) is 6.46. The molecule has 0 N–H and O–H groups in total. The number of amides is 2. The van der Waals surface area contributed by atoms with Crippen molar-refractivity contribution in [1.29, 1.82) is 0 Å². The van der Waals surface area contributed by atoms with Gasteiger partial charge in [-0.3, -0.25) is 0 Å². The molecule has 104 valence electrons. The van der Waals surface area contributed by atoms with E-state index in [1.54, 1.807) is 0 Å². The smallest absolute Gasteiger partial charge is 0.447 e. The first-order chi connectivity index (χ1) is 8.70. The van der Waals surface area contributed by atoms with Crippen molar-refractivity contribution >= 4 is 12.2 Å². The quantitative estimate of drug-likeness (QED) is 0.485. The molecule has 0 aliphatic heterocycles. The van der Waals surface area contributed by atoms with Crippen LogP contribution in [0.15, 0.2) is 10.2 Å². The van der Waals surface area contributed by atoms with Gasteiger partial charge in [0.2, 0.25) is 0 Å². The van der Waals surface area contributed by atoms with E-state index in [9.17, 15) is 9.59 Å². The first kappa shape index (κ1) is 16.5. The number of azo groups is 1. The number of carbonyl (C=O) groups excluding carboxylic acids is 2. The zero-order valence-corrected chi connectivity index (χ0v) is 11.2. The van der Waals surface area contributed by atoms with Crippen LogP contribution in [0.5, 0.6) is 0 Å². The number of carbonyl (C=O) groups is 2. The van der Waals surface area contributed by atoms with Gasteiger partial charge in [0.05, 0.1) is 13.2 Å². The molecule has 0 aromatic carbocycles. The van der Waals surface area contributed by atoms with Crippen LogP contribution in [0.4, 0.5) is 9.59 Å². The van der Waals surface area contributed by atoms with Crippen LogP contribution in [-0.4, -0.2) is 25.4 Å². The molecule has 0 saturated carbocycles. The average molecular weight is 258 g/mol. The second-order valence-corrected chi connectivity index (χ2v) is 3.84. The van der Waals surface area contributed by atoms with Crippen molar-refractivity contribution in [2.24, 2.45) is 10.2 Å². The Morgan fingerprint density at radius 3 is 1.78 bits per heavy atom. The molecule has 0 bridgehead atoms. The van der Waals surface area contributed by atoms with Crippen LogP contribution in [0.25, 0.3) is 0 Å². The number of hydrogen-bond acceptors (Lipinski definition) is 4. The zero-order valence-electron chi connectivity index (χ0n) is 11.2. The third-order valence-corrected chi connectivity index (χ3v) is 2.16. The lowest BCUT2D eigenvalue weighted by Gasteiger charge is -2.00. The van der Waals surface area contributed by atoms with Crippen LogP contribution in [0.1, 0.15) is 52.4 Å².